The van der Waals surface area contributed by atoms with Crippen LogP contribution in [-0.4, -0.2) is 12.1 Å². The number of methoxy groups -OCH3 is 1. The van der Waals surface area contributed by atoms with Gasteiger partial charge in [0.05, 0.1) is 12.8 Å². The third-order valence-corrected chi connectivity index (χ3v) is 2.68. The number of benzene rings is 1. The van der Waals surface area contributed by atoms with E-state index in [4.69, 9.17) is 10.5 Å². The van der Waals surface area contributed by atoms with Gasteiger partial charge in [0.25, 0.3) is 0 Å². The molecule has 0 spiro atoms. The highest BCUT2D eigenvalue weighted by molar-refractivity contribution is 9.10. The van der Waals surface area contributed by atoms with Crippen LogP contribution < -0.4 is 10.5 Å². The van der Waals surface area contributed by atoms with E-state index in [0.29, 0.717) is 11.4 Å². The highest BCUT2D eigenvalue weighted by Crippen LogP contribution is 2.35. The predicted octanol–water partition coefficient (Wildman–Crippen LogP) is 2.59. The number of nitrogens with two attached hydrogens (primary N) is 1. The van der Waals surface area contributed by atoms with E-state index in [1.807, 2.05) is 18.2 Å². The van der Waals surface area contributed by atoms with Crippen molar-refractivity contribution in [2.75, 3.05) is 12.8 Å². The van der Waals surface area contributed by atoms with E-state index in [9.17, 15) is 0 Å². The lowest BCUT2D eigenvalue weighted by atomic mass is 10.2. The summed E-state index contributed by atoms with van der Waals surface area (Å²) < 4.78 is 6.13. The molecule has 1 heterocycles. The Bertz CT molecular complexity index is 485. The Hall–Kier alpha value is -1.29. The lowest BCUT2D eigenvalue weighted by Crippen LogP contribution is -1.95. The topological polar surface area (TPSA) is 48.1 Å². The van der Waals surface area contributed by atoms with Gasteiger partial charge in [-0.1, -0.05) is 22.0 Å². The molecule has 0 unspecified atom stereocenters. The van der Waals surface area contributed by atoms with Gasteiger partial charge in [-0.2, -0.15) is 0 Å². The van der Waals surface area contributed by atoms with Crippen molar-refractivity contribution < 1.29 is 4.74 Å². The molecule has 0 bridgehead atoms. The number of rotatable bonds is 1. The Labute approximate surface area is 90.0 Å². The van der Waals surface area contributed by atoms with Crippen LogP contribution in [0.25, 0.3) is 10.9 Å². The molecule has 2 aromatic rings. The number of anilines is 1. The summed E-state index contributed by atoms with van der Waals surface area (Å²) in [5.41, 5.74) is 7.17. The summed E-state index contributed by atoms with van der Waals surface area (Å²) >= 11 is 3.44. The Morgan fingerprint density at radius 2 is 2.29 bits per heavy atom. The van der Waals surface area contributed by atoms with Crippen molar-refractivity contribution in [1.29, 1.82) is 0 Å². The second-order valence-corrected chi connectivity index (χ2v) is 3.73. The van der Waals surface area contributed by atoms with E-state index in [-0.39, 0.29) is 0 Å². The maximum atomic E-state index is 5.80. The van der Waals surface area contributed by atoms with Crippen molar-refractivity contribution in [2.45, 2.75) is 0 Å². The van der Waals surface area contributed by atoms with Crippen LogP contribution in [0.5, 0.6) is 5.75 Å². The van der Waals surface area contributed by atoms with E-state index < -0.39 is 0 Å². The maximum Gasteiger partial charge on any atom is 0.168 e. The fraction of sp³-hybridized carbons (Fsp3) is 0.100. The molecule has 4 heteroatoms. The first kappa shape index (κ1) is 9.27. The highest BCUT2D eigenvalue weighted by atomic mass is 79.9. The lowest BCUT2D eigenvalue weighted by molar-refractivity contribution is 0.421. The summed E-state index contributed by atoms with van der Waals surface area (Å²) in [5.74, 6) is 0.629. The van der Waals surface area contributed by atoms with Gasteiger partial charge < -0.3 is 10.5 Å². The van der Waals surface area contributed by atoms with Gasteiger partial charge in [-0.05, 0) is 12.1 Å². The summed E-state index contributed by atoms with van der Waals surface area (Å²) in [6.07, 6.45) is 1.72. The number of nitrogens with zero attached hydrogens (tertiary/aromatic N) is 1. The minimum atomic E-state index is 0.588. The van der Waals surface area contributed by atoms with Crippen molar-refractivity contribution in [2.24, 2.45) is 0 Å². The number of nitrogen functional groups attached to an aromatic ring is 1. The number of halogens is 1. The third kappa shape index (κ3) is 1.32. The second-order valence-electron chi connectivity index (χ2n) is 2.88. The number of ether oxygens (including phenoxy) is 1. The van der Waals surface area contributed by atoms with Crippen LogP contribution in [0.1, 0.15) is 0 Å². The Morgan fingerprint density at radius 3 is 3.00 bits per heavy atom. The summed E-state index contributed by atoms with van der Waals surface area (Å²) in [6, 6.07) is 5.67. The predicted molar refractivity (Wildman–Crippen MR) is 60.4 cm³/mol. The molecule has 0 saturated carbocycles. The fourth-order valence-corrected chi connectivity index (χ4v) is 1.98. The second kappa shape index (κ2) is 3.46. The molecule has 3 nitrogen and oxygen atoms in total. The summed E-state index contributed by atoms with van der Waals surface area (Å²) in [7, 11) is 1.59. The van der Waals surface area contributed by atoms with Crippen LogP contribution in [0.4, 0.5) is 5.69 Å². The minimum Gasteiger partial charge on any atom is -0.492 e. The van der Waals surface area contributed by atoms with E-state index in [0.717, 1.165) is 15.4 Å². The van der Waals surface area contributed by atoms with Crippen molar-refractivity contribution >= 4 is 32.5 Å². The van der Waals surface area contributed by atoms with Crippen molar-refractivity contribution in [3.05, 3.63) is 28.9 Å². The largest absolute Gasteiger partial charge is 0.492 e. The van der Waals surface area contributed by atoms with Gasteiger partial charge in [0.1, 0.15) is 5.52 Å². The fourth-order valence-electron chi connectivity index (χ4n) is 1.41. The summed E-state index contributed by atoms with van der Waals surface area (Å²) in [4.78, 5) is 4.24. The molecule has 0 aliphatic carbocycles. The number of pyridine rings is 1. The molecule has 0 fully saturated rings. The Kier molecular flexibility index (Phi) is 2.29. The summed E-state index contributed by atoms with van der Waals surface area (Å²) in [6.45, 7) is 0. The first-order chi connectivity index (χ1) is 6.74. The molecule has 0 radical (unpaired) electrons. The SMILES string of the molecule is COc1c(N)cc(Br)c2cccnc12. The number of aromatic nitrogens is 1. The minimum absolute atomic E-state index is 0.588. The zero-order valence-electron chi connectivity index (χ0n) is 7.62. The third-order valence-electron chi connectivity index (χ3n) is 2.03. The van der Waals surface area contributed by atoms with Crippen LogP contribution in [0.2, 0.25) is 0 Å². The van der Waals surface area contributed by atoms with Crippen LogP contribution in [0.15, 0.2) is 28.9 Å². The summed E-state index contributed by atoms with van der Waals surface area (Å²) in [5, 5.41) is 0.999. The van der Waals surface area contributed by atoms with Crippen LogP contribution >= 0.6 is 15.9 Å². The standard InChI is InChI=1S/C10H9BrN2O/c1-14-10-8(12)5-7(11)6-3-2-4-13-9(6)10/h2-5H,12H2,1H3. The van der Waals surface area contributed by atoms with Gasteiger partial charge in [0.2, 0.25) is 0 Å². The highest BCUT2D eigenvalue weighted by Gasteiger charge is 2.09. The molecule has 0 saturated heterocycles. The molecule has 0 aliphatic rings. The number of fused-ring (bicyclic) bond motifs is 1. The van der Waals surface area contributed by atoms with E-state index in [1.54, 1.807) is 13.3 Å². The molecule has 1 aromatic carbocycles. The molecule has 0 amide bonds. The molecule has 1 aromatic heterocycles. The number of hydrogen-bond donors (Lipinski definition) is 1. The van der Waals surface area contributed by atoms with Gasteiger partial charge in [0, 0.05) is 16.1 Å². The lowest BCUT2D eigenvalue weighted by Gasteiger charge is -2.08. The van der Waals surface area contributed by atoms with E-state index >= 15 is 0 Å². The Balaban J connectivity index is 2.90. The molecular weight excluding hydrogens is 244 g/mol. The molecule has 14 heavy (non-hydrogen) atoms. The van der Waals surface area contributed by atoms with Crippen molar-refractivity contribution in [1.82, 2.24) is 4.98 Å². The number of hydrogen-bond acceptors (Lipinski definition) is 3. The average molecular weight is 253 g/mol. The van der Waals surface area contributed by atoms with E-state index in [1.165, 1.54) is 0 Å². The average Bonchev–Trinajstić information content (AvgIpc) is 2.18. The molecule has 2 N–H and O–H groups in total. The van der Waals surface area contributed by atoms with Crippen LogP contribution in [-0.2, 0) is 0 Å². The monoisotopic (exact) mass is 252 g/mol. The van der Waals surface area contributed by atoms with Gasteiger partial charge in [-0.25, -0.2) is 0 Å². The zero-order valence-corrected chi connectivity index (χ0v) is 9.21. The van der Waals surface area contributed by atoms with E-state index in [2.05, 4.69) is 20.9 Å². The Morgan fingerprint density at radius 1 is 1.50 bits per heavy atom. The molecule has 0 aliphatic heterocycles. The molecule has 2 rings (SSSR count). The molecule has 72 valence electrons. The molecule has 0 atom stereocenters. The quantitative estimate of drug-likeness (QED) is 0.794. The van der Waals surface area contributed by atoms with Crippen molar-refractivity contribution in [3.63, 3.8) is 0 Å². The molecular formula is C10H9BrN2O. The van der Waals surface area contributed by atoms with Gasteiger partial charge >= 0.3 is 0 Å². The normalized spacial score (nSPS) is 10.4. The maximum absolute atomic E-state index is 5.80. The zero-order chi connectivity index (χ0) is 10.1. The van der Waals surface area contributed by atoms with Crippen molar-refractivity contribution in [3.8, 4) is 5.75 Å². The first-order valence-corrected chi connectivity index (χ1v) is 4.90. The van der Waals surface area contributed by atoms with Crippen LogP contribution in [0.3, 0.4) is 0 Å². The van der Waals surface area contributed by atoms with Gasteiger partial charge in [0.15, 0.2) is 5.75 Å². The van der Waals surface area contributed by atoms with Gasteiger partial charge in [-0.3, -0.25) is 4.98 Å². The van der Waals surface area contributed by atoms with Gasteiger partial charge in [-0.15, -0.1) is 0 Å². The smallest absolute Gasteiger partial charge is 0.168 e. The first-order valence-electron chi connectivity index (χ1n) is 4.10. The van der Waals surface area contributed by atoms with Crippen LogP contribution in [0, 0.1) is 0 Å².